The Kier molecular flexibility index (Phi) is 7.68. The predicted molar refractivity (Wildman–Crippen MR) is 87.0 cm³/mol. The number of ether oxygens (including phenoxy) is 1. The molecule has 0 bridgehead atoms. The van der Waals surface area contributed by atoms with Gasteiger partial charge in [0.05, 0.1) is 7.11 Å². The fraction of sp³-hybridized carbons (Fsp3) is 0.529. The number of nitrogens with one attached hydrogen (secondary N) is 1. The molecule has 0 aliphatic carbocycles. The van der Waals surface area contributed by atoms with E-state index in [1.54, 1.807) is 0 Å². The van der Waals surface area contributed by atoms with Gasteiger partial charge in [-0.05, 0) is 30.5 Å². The molecule has 1 rings (SSSR count). The van der Waals surface area contributed by atoms with Crippen molar-refractivity contribution < 1.29 is 18.7 Å². The summed E-state index contributed by atoms with van der Waals surface area (Å²) in [5, 5.41) is 2.82. The Morgan fingerprint density at radius 3 is 2.52 bits per heavy atom. The standard InChI is InChI=1S/C17H25FN2O3/c1-11(2)8-13(10-19)20-17(22)7-5-15(21)12-4-6-16(23-3)14(18)9-12/h4,6,9,11,13H,5,7-8,10,19H2,1-3H3,(H,20,22). The maximum Gasteiger partial charge on any atom is 0.220 e. The molecule has 0 aliphatic rings. The van der Waals surface area contributed by atoms with Crippen molar-refractivity contribution in [2.75, 3.05) is 13.7 Å². The van der Waals surface area contributed by atoms with E-state index in [0.717, 1.165) is 12.5 Å². The zero-order valence-corrected chi connectivity index (χ0v) is 13.9. The Morgan fingerprint density at radius 2 is 2.00 bits per heavy atom. The van der Waals surface area contributed by atoms with E-state index in [1.165, 1.54) is 19.2 Å². The third kappa shape index (κ3) is 6.36. The third-order valence-corrected chi connectivity index (χ3v) is 3.46. The third-order valence-electron chi connectivity index (χ3n) is 3.46. The number of hydrogen-bond acceptors (Lipinski definition) is 4. The quantitative estimate of drug-likeness (QED) is 0.683. The first-order chi connectivity index (χ1) is 10.9. The zero-order valence-electron chi connectivity index (χ0n) is 13.9. The molecule has 0 saturated carbocycles. The van der Waals surface area contributed by atoms with Crippen LogP contribution in [0.4, 0.5) is 4.39 Å². The summed E-state index contributed by atoms with van der Waals surface area (Å²) in [7, 11) is 1.36. The van der Waals surface area contributed by atoms with Crippen LogP contribution < -0.4 is 15.8 Å². The van der Waals surface area contributed by atoms with Crippen LogP contribution >= 0.6 is 0 Å². The number of amides is 1. The molecule has 1 aromatic rings. The topological polar surface area (TPSA) is 81.4 Å². The Balaban J connectivity index is 2.52. The number of Topliss-reactive ketones (excluding diaryl/α,β-unsaturated/α-hetero) is 1. The molecule has 3 N–H and O–H groups in total. The Bertz CT molecular complexity index is 547. The maximum atomic E-state index is 13.6. The van der Waals surface area contributed by atoms with Crippen molar-refractivity contribution in [3.05, 3.63) is 29.6 Å². The Morgan fingerprint density at radius 1 is 1.30 bits per heavy atom. The molecular formula is C17H25FN2O3. The lowest BCUT2D eigenvalue weighted by Crippen LogP contribution is -2.41. The summed E-state index contributed by atoms with van der Waals surface area (Å²) in [6.07, 6.45) is 0.873. The van der Waals surface area contributed by atoms with Crippen molar-refractivity contribution in [1.82, 2.24) is 5.32 Å². The van der Waals surface area contributed by atoms with Crippen LogP contribution in [-0.4, -0.2) is 31.4 Å². The van der Waals surface area contributed by atoms with Gasteiger partial charge in [-0.25, -0.2) is 4.39 Å². The van der Waals surface area contributed by atoms with Crippen molar-refractivity contribution in [2.45, 2.75) is 39.2 Å². The lowest BCUT2D eigenvalue weighted by atomic mass is 10.0. The van der Waals surface area contributed by atoms with Gasteiger partial charge in [-0.2, -0.15) is 0 Å². The first kappa shape index (κ1) is 19.1. The number of halogens is 1. The molecule has 0 saturated heterocycles. The van der Waals surface area contributed by atoms with E-state index >= 15 is 0 Å². The summed E-state index contributed by atoms with van der Waals surface area (Å²) in [6, 6.07) is 3.93. The average molecular weight is 324 g/mol. The number of hydrogen-bond donors (Lipinski definition) is 2. The zero-order chi connectivity index (χ0) is 17.4. The van der Waals surface area contributed by atoms with E-state index in [2.05, 4.69) is 19.2 Å². The smallest absolute Gasteiger partial charge is 0.220 e. The van der Waals surface area contributed by atoms with Gasteiger partial charge in [0.15, 0.2) is 17.3 Å². The maximum absolute atomic E-state index is 13.6. The van der Waals surface area contributed by atoms with Crippen molar-refractivity contribution in [2.24, 2.45) is 11.7 Å². The highest BCUT2D eigenvalue weighted by molar-refractivity contribution is 5.98. The SMILES string of the molecule is COc1ccc(C(=O)CCC(=O)NC(CN)CC(C)C)cc1F. The minimum atomic E-state index is -0.595. The molecule has 0 aliphatic heterocycles. The number of methoxy groups -OCH3 is 1. The van der Waals surface area contributed by atoms with Crippen molar-refractivity contribution >= 4 is 11.7 Å². The summed E-state index contributed by atoms with van der Waals surface area (Å²) in [5.74, 6) is -0.590. The fourth-order valence-electron chi connectivity index (χ4n) is 2.29. The van der Waals surface area contributed by atoms with Gasteiger partial charge < -0.3 is 15.8 Å². The highest BCUT2D eigenvalue weighted by Crippen LogP contribution is 2.18. The summed E-state index contributed by atoms with van der Waals surface area (Å²) < 4.78 is 18.4. The van der Waals surface area contributed by atoms with Crippen LogP contribution in [0.5, 0.6) is 5.75 Å². The number of rotatable bonds is 9. The van der Waals surface area contributed by atoms with Crippen molar-refractivity contribution in [3.8, 4) is 5.75 Å². The normalized spacial score (nSPS) is 12.1. The van der Waals surface area contributed by atoms with Crippen LogP contribution in [0, 0.1) is 11.7 Å². The van der Waals surface area contributed by atoms with E-state index in [-0.39, 0.29) is 41.9 Å². The van der Waals surface area contributed by atoms with E-state index in [9.17, 15) is 14.0 Å². The first-order valence-corrected chi connectivity index (χ1v) is 7.73. The van der Waals surface area contributed by atoms with Crippen LogP contribution in [0.15, 0.2) is 18.2 Å². The number of ketones is 1. The highest BCUT2D eigenvalue weighted by atomic mass is 19.1. The fourth-order valence-corrected chi connectivity index (χ4v) is 2.29. The molecule has 0 radical (unpaired) electrons. The summed E-state index contributed by atoms with van der Waals surface area (Å²) in [4.78, 5) is 23.9. The minimum Gasteiger partial charge on any atom is -0.494 e. The lowest BCUT2D eigenvalue weighted by molar-refractivity contribution is -0.121. The van der Waals surface area contributed by atoms with Crippen molar-refractivity contribution in [1.29, 1.82) is 0 Å². The Hall–Kier alpha value is -1.95. The molecule has 0 spiro atoms. The molecule has 1 aromatic carbocycles. The summed E-state index contributed by atoms with van der Waals surface area (Å²) in [6.45, 7) is 4.47. The molecule has 6 heteroatoms. The molecule has 5 nitrogen and oxygen atoms in total. The van der Waals surface area contributed by atoms with Gasteiger partial charge in [0.2, 0.25) is 5.91 Å². The number of carbonyl (C=O) groups is 2. The van der Waals surface area contributed by atoms with Gasteiger partial charge in [0, 0.05) is 31.0 Å². The van der Waals surface area contributed by atoms with Crippen LogP contribution in [-0.2, 0) is 4.79 Å². The van der Waals surface area contributed by atoms with Gasteiger partial charge >= 0.3 is 0 Å². The van der Waals surface area contributed by atoms with Gasteiger partial charge in [-0.15, -0.1) is 0 Å². The van der Waals surface area contributed by atoms with E-state index in [1.807, 2.05) is 0 Å². The summed E-state index contributed by atoms with van der Waals surface area (Å²) in [5.41, 5.74) is 5.86. The minimum absolute atomic E-state index is 0.0244. The largest absolute Gasteiger partial charge is 0.494 e. The Labute approximate surface area is 136 Å². The van der Waals surface area contributed by atoms with Gasteiger partial charge in [-0.3, -0.25) is 9.59 Å². The van der Waals surface area contributed by atoms with Crippen LogP contribution in [0.25, 0.3) is 0 Å². The van der Waals surface area contributed by atoms with Crippen molar-refractivity contribution in [3.63, 3.8) is 0 Å². The molecule has 23 heavy (non-hydrogen) atoms. The highest BCUT2D eigenvalue weighted by Gasteiger charge is 2.15. The molecule has 1 unspecified atom stereocenters. The van der Waals surface area contributed by atoms with E-state index in [0.29, 0.717) is 12.5 Å². The first-order valence-electron chi connectivity index (χ1n) is 7.73. The predicted octanol–water partition coefficient (Wildman–Crippen LogP) is 2.29. The second-order valence-electron chi connectivity index (χ2n) is 5.90. The number of benzene rings is 1. The molecule has 0 fully saturated rings. The molecular weight excluding hydrogens is 299 g/mol. The molecule has 0 aromatic heterocycles. The average Bonchev–Trinajstić information content (AvgIpc) is 2.51. The van der Waals surface area contributed by atoms with Gasteiger partial charge in [-0.1, -0.05) is 13.8 Å². The molecule has 1 amide bonds. The molecule has 1 atom stereocenters. The van der Waals surface area contributed by atoms with Crippen LogP contribution in [0.3, 0.4) is 0 Å². The monoisotopic (exact) mass is 324 g/mol. The number of carbonyl (C=O) groups excluding carboxylic acids is 2. The molecule has 128 valence electrons. The van der Waals surface area contributed by atoms with Crippen LogP contribution in [0.1, 0.15) is 43.5 Å². The number of nitrogens with two attached hydrogens (primary N) is 1. The van der Waals surface area contributed by atoms with Gasteiger partial charge in [0.25, 0.3) is 0 Å². The second kappa shape index (κ2) is 9.25. The summed E-state index contributed by atoms with van der Waals surface area (Å²) >= 11 is 0. The molecule has 0 heterocycles. The van der Waals surface area contributed by atoms with E-state index in [4.69, 9.17) is 10.5 Å². The lowest BCUT2D eigenvalue weighted by Gasteiger charge is -2.18. The van der Waals surface area contributed by atoms with Crippen LogP contribution in [0.2, 0.25) is 0 Å². The van der Waals surface area contributed by atoms with E-state index < -0.39 is 5.82 Å². The van der Waals surface area contributed by atoms with Gasteiger partial charge in [0.1, 0.15) is 0 Å². The second-order valence-corrected chi connectivity index (χ2v) is 5.90.